The zero-order chi connectivity index (χ0) is 10.8. The molecule has 0 bridgehead atoms. The van der Waals surface area contributed by atoms with E-state index in [4.69, 9.17) is 16.0 Å². The zero-order valence-electron chi connectivity index (χ0n) is 8.62. The molecule has 78 valence electrons. The van der Waals surface area contributed by atoms with Gasteiger partial charge in [-0.3, -0.25) is 0 Å². The van der Waals surface area contributed by atoms with Gasteiger partial charge in [0.05, 0.1) is 11.8 Å². The van der Waals surface area contributed by atoms with Crippen molar-refractivity contribution in [3.63, 3.8) is 0 Å². The summed E-state index contributed by atoms with van der Waals surface area (Å²) in [6, 6.07) is 1.82. The lowest BCUT2D eigenvalue weighted by Crippen LogP contribution is -1.98. The normalized spacial score (nSPS) is 10.6. The van der Waals surface area contributed by atoms with E-state index in [1.165, 1.54) is 0 Å². The number of hydrogen-bond acceptors (Lipinski definition) is 3. The summed E-state index contributed by atoms with van der Waals surface area (Å²) in [5, 5.41) is 0.512. The van der Waals surface area contributed by atoms with Gasteiger partial charge in [-0.15, -0.1) is 0 Å². The maximum absolute atomic E-state index is 6.03. The molecule has 0 aliphatic heterocycles. The Morgan fingerprint density at radius 3 is 2.80 bits per heavy atom. The molecule has 4 heteroatoms. The van der Waals surface area contributed by atoms with Crippen molar-refractivity contribution in [2.75, 3.05) is 0 Å². The minimum Gasteiger partial charge on any atom is -0.472 e. The van der Waals surface area contributed by atoms with Crippen molar-refractivity contribution in [3.8, 4) is 11.4 Å². The summed E-state index contributed by atoms with van der Waals surface area (Å²) < 4.78 is 4.99. The van der Waals surface area contributed by atoms with Gasteiger partial charge < -0.3 is 4.42 Å². The summed E-state index contributed by atoms with van der Waals surface area (Å²) in [6.07, 6.45) is 4.05. The summed E-state index contributed by atoms with van der Waals surface area (Å²) in [5.41, 5.74) is 2.78. The average molecular weight is 223 g/mol. The van der Waals surface area contributed by atoms with Crippen LogP contribution in [0, 0.1) is 6.92 Å². The molecule has 0 unspecified atom stereocenters. The Hall–Kier alpha value is -1.35. The van der Waals surface area contributed by atoms with Gasteiger partial charge in [0.25, 0.3) is 0 Å². The third kappa shape index (κ3) is 1.88. The van der Waals surface area contributed by atoms with Crippen LogP contribution in [0.3, 0.4) is 0 Å². The van der Waals surface area contributed by atoms with Crippen molar-refractivity contribution >= 4 is 11.6 Å². The van der Waals surface area contributed by atoms with Gasteiger partial charge in [-0.25, -0.2) is 9.97 Å². The predicted octanol–water partition coefficient (Wildman–Crippen LogP) is 3.26. The molecule has 2 aromatic heterocycles. The van der Waals surface area contributed by atoms with Gasteiger partial charge >= 0.3 is 0 Å². The van der Waals surface area contributed by atoms with Gasteiger partial charge in [-0.05, 0) is 19.4 Å². The van der Waals surface area contributed by atoms with Crippen LogP contribution in [0.1, 0.15) is 18.2 Å². The molecule has 0 saturated carbocycles. The minimum atomic E-state index is 0.512. The molecular formula is C11H11ClN2O. The van der Waals surface area contributed by atoms with Gasteiger partial charge in [0.2, 0.25) is 0 Å². The third-order valence-corrected chi connectivity index (χ3v) is 2.67. The van der Waals surface area contributed by atoms with E-state index in [1.807, 2.05) is 19.9 Å². The number of nitrogens with zero attached hydrogens (tertiary/aromatic N) is 2. The first-order valence-corrected chi connectivity index (χ1v) is 5.15. The van der Waals surface area contributed by atoms with Crippen LogP contribution in [0.4, 0.5) is 0 Å². The first-order valence-electron chi connectivity index (χ1n) is 4.78. The Balaban J connectivity index is 2.55. The molecular weight excluding hydrogens is 212 g/mol. The fourth-order valence-corrected chi connectivity index (χ4v) is 1.59. The van der Waals surface area contributed by atoms with E-state index in [1.54, 1.807) is 12.5 Å². The number of aromatic nitrogens is 2. The molecule has 2 rings (SSSR count). The number of furan rings is 1. The summed E-state index contributed by atoms with van der Waals surface area (Å²) in [6.45, 7) is 3.98. The van der Waals surface area contributed by atoms with Gasteiger partial charge in [0.15, 0.2) is 5.82 Å². The smallest absolute Gasteiger partial charge is 0.164 e. The van der Waals surface area contributed by atoms with Gasteiger partial charge in [0, 0.05) is 11.3 Å². The predicted molar refractivity (Wildman–Crippen MR) is 58.9 cm³/mol. The average Bonchev–Trinajstić information content (AvgIpc) is 2.75. The third-order valence-electron chi connectivity index (χ3n) is 2.30. The van der Waals surface area contributed by atoms with E-state index in [-0.39, 0.29) is 0 Å². The van der Waals surface area contributed by atoms with Crippen LogP contribution in [0.15, 0.2) is 23.0 Å². The largest absolute Gasteiger partial charge is 0.472 e. The second kappa shape index (κ2) is 4.03. The molecule has 0 aliphatic carbocycles. The van der Waals surface area contributed by atoms with Crippen molar-refractivity contribution in [2.24, 2.45) is 0 Å². The van der Waals surface area contributed by atoms with E-state index in [0.717, 1.165) is 23.2 Å². The molecule has 0 aliphatic rings. The van der Waals surface area contributed by atoms with Gasteiger partial charge in [-0.1, -0.05) is 18.5 Å². The molecule has 0 N–H and O–H groups in total. The van der Waals surface area contributed by atoms with E-state index >= 15 is 0 Å². The molecule has 0 fully saturated rings. The van der Waals surface area contributed by atoms with Crippen LogP contribution in [-0.2, 0) is 6.42 Å². The second-order valence-corrected chi connectivity index (χ2v) is 3.63. The molecule has 0 radical (unpaired) electrons. The van der Waals surface area contributed by atoms with E-state index in [0.29, 0.717) is 11.0 Å². The Bertz CT molecular complexity index is 466. The minimum absolute atomic E-state index is 0.512. The first kappa shape index (κ1) is 10.2. The molecule has 0 saturated heterocycles. The number of aryl methyl sites for hydroxylation is 1. The number of halogens is 1. The van der Waals surface area contributed by atoms with Crippen LogP contribution in [0.2, 0.25) is 5.15 Å². The van der Waals surface area contributed by atoms with E-state index < -0.39 is 0 Å². The summed E-state index contributed by atoms with van der Waals surface area (Å²) in [5.74, 6) is 0.621. The molecule has 3 nitrogen and oxygen atoms in total. The number of rotatable bonds is 2. The van der Waals surface area contributed by atoms with Crippen molar-refractivity contribution in [3.05, 3.63) is 35.0 Å². The van der Waals surface area contributed by atoms with Crippen molar-refractivity contribution in [1.82, 2.24) is 9.97 Å². The maximum atomic E-state index is 6.03. The Kier molecular flexibility index (Phi) is 2.73. The molecule has 0 aromatic carbocycles. The molecule has 2 heterocycles. The molecule has 0 spiro atoms. The highest BCUT2D eigenvalue weighted by Gasteiger charge is 2.09. The summed E-state index contributed by atoms with van der Waals surface area (Å²) in [7, 11) is 0. The van der Waals surface area contributed by atoms with Crippen LogP contribution >= 0.6 is 11.6 Å². The molecule has 0 atom stereocenters. The maximum Gasteiger partial charge on any atom is 0.164 e. The lowest BCUT2D eigenvalue weighted by molar-refractivity contribution is 0.568. The highest BCUT2D eigenvalue weighted by Crippen LogP contribution is 2.22. The first-order chi connectivity index (χ1) is 7.22. The SMILES string of the molecule is CCc1nc(-c2ccoc2)nc(Cl)c1C. The Morgan fingerprint density at radius 2 is 2.20 bits per heavy atom. The van der Waals surface area contributed by atoms with Gasteiger partial charge in [0.1, 0.15) is 11.4 Å². The lowest BCUT2D eigenvalue weighted by atomic mass is 10.2. The Morgan fingerprint density at radius 1 is 1.40 bits per heavy atom. The van der Waals surface area contributed by atoms with Crippen molar-refractivity contribution < 1.29 is 4.42 Å². The Labute approximate surface area is 93.1 Å². The van der Waals surface area contributed by atoms with Crippen LogP contribution in [0.25, 0.3) is 11.4 Å². The summed E-state index contributed by atoms with van der Waals surface area (Å²) in [4.78, 5) is 8.66. The topological polar surface area (TPSA) is 38.9 Å². The highest BCUT2D eigenvalue weighted by molar-refractivity contribution is 6.30. The quantitative estimate of drug-likeness (QED) is 0.733. The zero-order valence-corrected chi connectivity index (χ0v) is 9.38. The van der Waals surface area contributed by atoms with E-state index in [9.17, 15) is 0 Å². The van der Waals surface area contributed by atoms with Gasteiger partial charge in [-0.2, -0.15) is 0 Å². The highest BCUT2D eigenvalue weighted by atomic mass is 35.5. The molecule has 0 amide bonds. The lowest BCUT2D eigenvalue weighted by Gasteiger charge is -2.05. The standard InChI is InChI=1S/C11H11ClN2O/c1-3-9-7(2)10(12)14-11(13-9)8-4-5-15-6-8/h4-6H,3H2,1-2H3. The van der Waals surface area contributed by atoms with Crippen LogP contribution < -0.4 is 0 Å². The van der Waals surface area contributed by atoms with E-state index in [2.05, 4.69) is 9.97 Å². The second-order valence-electron chi connectivity index (χ2n) is 3.28. The van der Waals surface area contributed by atoms with Crippen molar-refractivity contribution in [2.45, 2.75) is 20.3 Å². The fraction of sp³-hybridized carbons (Fsp3) is 0.273. The number of hydrogen-bond donors (Lipinski definition) is 0. The fourth-order valence-electron chi connectivity index (χ4n) is 1.40. The van der Waals surface area contributed by atoms with Crippen LogP contribution in [-0.4, -0.2) is 9.97 Å². The monoisotopic (exact) mass is 222 g/mol. The van der Waals surface area contributed by atoms with Crippen molar-refractivity contribution in [1.29, 1.82) is 0 Å². The molecule has 15 heavy (non-hydrogen) atoms. The molecule has 2 aromatic rings. The summed E-state index contributed by atoms with van der Waals surface area (Å²) >= 11 is 6.03. The van der Waals surface area contributed by atoms with Crippen LogP contribution in [0.5, 0.6) is 0 Å².